The van der Waals surface area contributed by atoms with Gasteiger partial charge in [-0.2, -0.15) is 5.10 Å². The second-order valence-electron chi connectivity index (χ2n) is 2.43. The molecule has 5 heteroatoms. The van der Waals surface area contributed by atoms with Crippen LogP contribution in [-0.2, 0) is 0 Å². The lowest BCUT2D eigenvalue weighted by Gasteiger charge is -1.93. The largest absolute Gasteiger partial charge is 0.323 e. The number of anilines is 2. The van der Waals surface area contributed by atoms with Crippen LogP contribution in [0.25, 0.3) is 0 Å². The molecule has 2 heterocycles. The first-order chi connectivity index (χ1) is 5.84. The molecule has 2 rings (SSSR count). The molecule has 0 aliphatic rings. The highest BCUT2D eigenvalue weighted by Gasteiger charge is 1.98. The number of rotatable bonds is 2. The van der Waals surface area contributed by atoms with Crippen LogP contribution in [0.2, 0.25) is 0 Å². The maximum Gasteiger partial charge on any atom is 0.153 e. The van der Waals surface area contributed by atoms with Crippen LogP contribution in [0.3, 0.4) is 0 Å². The highest BCUT2D eigenvalue weighted by atomic mass is 32.1. The molecule has 62 valence electrons. The molecule has 2 N–H and O–H groups in total. The first-order valence-electron chi connectivity index (χ1n) is 3.52. The summed E-state index contributed by atoms with van der Waals surface area (Å²) in [6, 6.07) is 1.93. The van der Waals surface area contributed by atoms with Gasteiger partial charge in [-0.3, -0.25) is 5.10 Å². The van der Waals surface area contributed by atoms with Crippen molar-refractivity contribution in [1.82, 2.24) is 15.2 Å². The number of aromatic amines is 1. The highest BCUT2D eigenvalue weighted by Crippen LogP contribution is 2.13. The molecule has 0 aromatic carbocycles. The Morgan fingerprint density at radius 3 is 3.00 bits per heavy atom. The van der Waals surface area contributed by atoms with Crippen molar-refractivity contribution in [3.05, 3.63) is 22.7 Å². The Morgan fingerprint density at radius 2 is 2.42 bits per heavy atom. The van der Waals surface area contributed by atoms with Crippen LogP contribution in [0.15, 0.2) is 17.0 Å². The number of nitrogens with one attached hydrogen (secondary N) is 2. The number of nitrogens with zero attached hydrogens (tertiary/aromatic N) is 2. The van der Waals surface area contributed by atoms with Crippen LogP contribution in [0.5, 0.6) is 0 Å². The van der Waals surface area contributed by atoms with Gasteiger partial charge in [0.2, 0.25) is 0 Å². The zero-order chi connectivity index (χ0) is 8.39. The first-order valence-corrected chi connectivity index (χ1v) is 4.46. The van der Waals surface area contributed by atoms with Gasteiger partial charge in [-0.25, -0.2) is 4.98 Å². The molecule has 0 bridgehead atoms. The van der Waals surface area contributed by atoms with E-state index in [0.717, 1.165) is 17.3 Å². The minimum Gasteiger partial charge on any atom is -0.323 e. The van der Waals surface area contributed by atoms with Gasteiger partial charge in [-0.05, 0) is 6.92 Å². The molecule has 0 amide bonds. The van der Waals surface area contributed by atoms with Crippen LogP contribution in [0.1, 0.15) is 5.69 Å². The predicted octanol–water partition coefficient (Wildman–Crippen LogP) is 1.92. The summed E-state index contributed by atoms with van der Waals surface area (Å²) in [6.07, 6.45) is 0. The van der Waals surface area contributed by atoms with Crippen LogP contribution >= 0.6 is 11.3 Å². The maximum absolute atomic E-state index is 4.07. The molecule has 0 aliphatic heterocycles. The van der Waals surface area contributed by atoms with Gasteiger partial charge in [-0.15, -0.1) is 11.3 Å². The zero-order valence-corrected chi connectivity index (χ0v) is 7.35. The summed E-state index contributed by atoms with van der Waals surface area (Å²) < 4.78 is 0. The molecule has 0 spiro atoms. The summed E-state index contributed by atoms with van der Waals surface area (Å²) in [6.45, 7) is 1.96. The fraction of sp³-hybridized carbons (Fsp3) is 0.143. The summed E-state index contributed by atoms with van der Waals surface area (Å²) in [5, 5.41) is 11.9. The minimum atomic E-state index is 0.804. The zero-order valence-electron chi connectivity index (χ0n) is 6.53. The summed E-state index contributed by atoms with van der Waals surface area (Å²) >= 11 is 1.55. The molecule has 0 aliphatic carbocycles. The fourth-order valence-electron chi connectivity index (χ4n) is 0.888. The van der Waals surface area contributed by atoms with Crippen molar-refractivity contribution in [3.8, 4) is 0 Å². The van der Waals surface area contributed by atoms with Crippen LogP contribution in [0, 0.1) is 6.92 Å². The molecule has 0 saturated heterocycles. The molecular weight excluding hydrogens is 172 g/mol. The molecule has 0 saturated carbocycles. The van der Waals surface area contributed by atoms with Gasteiger partial charge in [-0.1, -0.05) is 0 Å². The van der Waals surface area contributed by atoms with Crippen molar-refractivity contribution in [2.45, 2.75) is 6.92 Å². The molecule has 12 heavy (non-hydrogen) atoms. The summed E-state index contributed by atoms with van der Waals surface area (Å²) in [4.78, 5) is 4.07. The van der Waals surface area contributed by atoms with E-state index in [2.05, 4.69) is 20.5 Å². The Hall–Kier alpha value is -1.36. The van der Waals surface area contributed by atoms with Gasteiger partial charge in [0.25, 0.3) is 0 Å². The summed E-state index contributed by atoms with van der Waals surface area (Å²) in [7, 11) is 0. The average molecular weight is 180 g/mol. The Kier molecular flexibility index (Phi) is 1.79. The quantitative estimate of drug-likeness (QED) is 0.742. The number of thiazole rings is 1. The van der Waals surface area contributed by atoms with Gasteiger partial charge in [0.1, 0.15) is 5.82 Å². The Balaban J connectivity index is 2.14. The van der Waals surface area contributed by atoms with E-state index in [1.54, 1.807) is 16.8 Å². The van der Waals surface area contributed by atoms with Gasteiger partial charge < -0.3 is 5.32 Å². The Morgan fingerprint density at radius 1 is 1.50 bits per heavy atom. The van der Waals surface area contributed by atoms with Crippen molar-refractivity contribution in [3.63, 3.8) is 0 Å². The Bertz CT molecular complexity index is 351. The summed E-state index contributed by atoms with van der Waals surface area (Å²) in [5.41, 5.74) is 2.81. The monoisotopic (exact) mass is 180 g/mol. The first kappa shape index (κ1) is 7.30. The van der Waals surface area contributed by atoms with E-state index in [9.17, 15) is 0 Å². The van der Waals surface area contributed by atoms with Crippen molar-refractivity contribution in [1.29, 1.82) is 0 Å². The van der Waals surface area contributed by atoms with E-state index >= 15 is 0 Å². The number of aromatic nitrogens is 3. The van der Waals surface area contributed by atoms with Gasteiger partial charge in [0, 0.05) is 17.1 Å². The third-order valence-corrected chi connectivity index (χ3v) is 1.98. The van der Waals surface area contributed by atoms with Crippen molar-refractivity contribution < 1.29 is 0 Å². The van der Waals surface area contributed by atoms with Crippen molar-refractivity contribution in [2.75, 3.05) is 5.32 Å². The van der Waals surface area contributed by atoms with E-state index in [4.69, 9.17) is 0 Å². The van der Waals surface area contributed by atoms with Gasteiger partial charge in [0.15, 0.2) is 5.82 Å². The summed E-state index contributed by atoms with van der Waals surface area (Å²) in [5.74, 6) is 1.64. The SMILES string of the molecule is Cc1cc(Nc2cscn2)n[nH]1. The van der Waals surface area contributed by atoms with Crippen molar-refractivity contribution in [2.24, 2.45) is 0 Å². The molecular formula is C7H8N4S. The van der Waals surface area contributed by atoms with E-state index in [1.165, 1.54) is 0 Å². The van der Waals surface area contributed by atoms with Gasteiger partial charge >= 0.3 is 0 Å². The molecule has 2 aromatic rings. The van der Waals surface area contributed by atoms with Crippen LogP contribution in [0.4, 0.5) is 11.6 Å². The molecule has 2 aromatic heterocycles. The fourth-order valence-corrected chi connectivity index (χ4v) is 1.37. The lowest BCUT2D eigenvalue weighted by Crippen LogP contribution is -1.89. The van der Waals surface area contributed by atoms with E-state index < -0.39 is 0 Å². The highest BCUT2D eigenvalue weighted by molar-refractivity contribution is 7.07. The van der Waals surface area contributed by atoms with Gasteiger partial charge in [0.05, 0.1) is 5.51 Å². The minimum absolute atomic E-state index is 0.804. The molecule has 4 nitrogen and oxygen atoms in total. The lowest BCUT2D eigenvalue weighted by molar-refractivity contribution is 1.05. The normalized spacial score (nSPS) is 10.1. The third-order valence-electron chi connectivity index (χ3n) is 1.39. The molecule has 0 radical (unpaired) electrons. The Labute approximate surface area is 73.7 Å². The number of hydrogen-bond acceptors (Lipinski definition) is 4. The van der Waals surface area contributed by atoms with Crippen molar-refractivity contribution >= 4 is 23.0 Å². The molecule has 0 fully saturated rings. The topological polar surface area (TPSA) is 53.6 Å². The predicted molar refractivity (Wildman–Crippen MR) is 48.7 cm³/mol. The smallest absolute Gasteiger partial charge is 0.153 e. The third kappa shape index (κ3) is 1.45. The number of H-pyrrole nitrogens is 1. The van der Waals surface area contributed by atoms with Crippen LogP contribution in [-0.4, -0.2) is 15.2 Å². The standard InChI is InChI=1S/C7H8N4S/c1-5-2-6(11-10-5)9-7-3-12-4-8-7/h2-4H,1H3,(H2,9,10,11). The van der Waals surface area contributed by atoms with E-state index in [0.29, 0.717) is 0 Å². The lowest BCUT2D eigenvalue weighted by atomic mass is 10.5. The maximum atomic E-state index is 4.07. The van der Waals surface area contributed by atoms with E-state index in [-0.39, 0.29) is 0 Å². The molecule has 0 atom stereocenters. The van der Waals surface area contributed by atoms with E-state index in [1.807, 2.05) is 18.4 Å². The second-order valence-corrected chi connectivity index (χ2v) is 3.15. The van der Waals surface area contributed by atoms with Crippen LogP contribution < -0.4 is 5.32 Å². The second kappa shape index (κ2) is 2.94. The number of aryl methyl sites for hydroxylation is 1. The number of hydrogen-bond donors (Lipinski definition) is 2. The average Bonchev–Trinajstić information content (AvgIpc) is 2.63. The molecule has 0 unspecified atom stereocenters.